The third-order valence-electron chi connectivity index (χ3n) is 8.61. The molecule has 2 fully saturated rings. The predicted molar refractivity (Wildman–Crippen MR) is 133 cm³/mol. The van der Waals surface area contributed by atoms with Gasteiger partial charge in [-0.25, -0.2) is 0 Å². The Labute approximate surface area is 204 Å². The molecule has 0 radical (unpaired) electrons. The van der Waals surface area contributed by atoms with Gasteiger partial charge in [0.15, 0.2) is 0 Å². The number of rotatable bonds is 5. The second-order valence-corrected chi connectivity index (χ2v) is 10.8. The fourth-order valence-corrected chi connectivity index (χ4v) is 6.56. The van der Waals surface area contributed by atoms with Gasteiger partial charge in [0.25, 0.3) is 0 Å². The summed E-state index contributed by atoms with van der Waals surface area (Å²) >= 11 is 0. The number of ether oxygens (including phenoxy) is 1. The van der Waals surface area contributed by atoms with Crippen LogP contribution >= 0.6 is 0 Å². The smallest absolute Gasteiger partial charge is 0.303 e. The van der Waals surface area contributed by atoms with Crippen LogP contribution in [0.5, 0.6) is 0 Å². The number of carbonyl (C=O) groups excluding carboxylic acids is 1. The van der Waals surface area contributed by atoms with Crippen LogP contribution in [0, 0.1) is 35.0 Å². The fraction of sp³-hybridized carbons (Fsp3) is 0.643. The number of nitriles is 1. The van der Waals surface area contributed by atoms with Crippen LogP contribution in [-0.4, -0.2) is 60.4 Å². The highest BCUT2D eigenvalue weighted by Gasteiger charge is 2.52. The van der Waals surface area contributed by atoms with E-state index in [1.807, 2.05) is 31.2 Å². The maximum Gasteiger partial charge on any atom is 0.303 e. The number of para-hydroxylation sites is 1. The molecule has 1 saturated carbocycles. The second-order valence-electron chi connectivity index (χ2n) is 10.8. The van der Waals surface area contributed by atoms with Crippen LogP contribution < -0.4 is 4.90 Å². The normalized spacial score (nSPS) is 32.8. The summed E-state index contributed by atoms with van der Waals surface area (Å²) in [6.07, 6.45) is 4.51. The number of piperazine rings is 1. The maximum atomic E-state index is 11.8. The Bertz CT molecular complexity index is 962. The van der Waals surface area contributed by atoms with Gasteiger partial charge in [0.1, 0.15) is 12.2 Å². The van der Waals surface area contributed by atoms with Crippen molar-refractivity contribution in [3.63, 3.8) is 0 Å². The molecule has 1 saturated heterocycles. The molecule has 0 spiro atoms. The SMILES string of the molecule is CC(=O)O[C@@H]1C[C@@]2(O)[C@H](C)CC[C@@H](C(C)CN3CCN(c4ccccc4C#N)CC3)[C@H]2C=C1C. The summed E-state index contributed by atoms with van der Waals surface area (Å²) in [6, 6.07) is 10.2. The second kappa shape index (κ2) is 10.1. The van der Waals surface area contributed by atoms with Gasteiger partial charge >= 0.3 is 5.97 Å². The molecule has 34 heavy (non-hydrogen) atoms. The van der Waals surface area contributed by atoms with E-state index in [1.54, 1.807) is 0 Å². The summed E-state index contributed by atoms with van der Waals surface area (Å²) < 4.78 is 5.55. The van der Waals surface area contributed by atoms with Crippen LogP contribution in [-0.2, 0) is 9.53 Å². The van der Waals surface area contributed by atoms with Crippen molar-refractivity contribution in [3.8, 4) is 6.07 Å². The van der Waals surface area contributed by atoms with Gasteiger partial charge in [-0.1, -0.05) is 32.1 Å². The molecule has 1 unspecified atom stereocenters. The molecule has 6 heteroatoms. The Morgan fingerprint density at radius 2 is 1.97 bits per heavy atom. The number of fused-ring (bicyclic) bond motifs is 1. The molecule has 184 valence electrons. The van der Waals surface area contributed by atoms with Crippen molar-refractivity contribution in [2.75, 3.05) is 37.6 Å². The van der Waals surface area contributed by atoms with Crippen molar-refractivity contribution in [2.24, 2.45) is 23.7 Å². The van der Waals surface area contributed by atoms with Gasteiger partial charge in [0, 0.05) is 52.0 Å². The minimum absolute atomic E-state index is 0.0989. The monoisotopic (exact) mass is 465 g/mol. The molecule has 1 aromatic rings. The Balaban J connectivity index is 1.41. The van der Waals surface area contributed by atoms with E-state index in [4.69, 9.17) is 4.74 Å². The molecule has 1 aromatic carbocycles. The largest absolute Gasteiger partial charge is 0.458 e. The Morgan fingerprint density at radius 1 is 1.26 bits per heavy atom. The van der Waals surface area contributed by atoms with Gasteiger partial charge in [-0.05, 0) is 55.2 Å². The lowest BCUT2D eigenvalue weighted by Gasteiger charge is -2.53. The molecule has 4 rings (SSSR count). The van der Waals surface area contributed by atoms with E-state index in [0.29, 0.717) is 18.3 Å². The third-order valence-corrected chi connectivity index (χ3v) is 8.61. The fourth-order valence-electron chi connectivity index (χ4n) is 6.56. The number of esters is 1. The average molecular weight is 466 g/mol. The number of nitrogens with zero attached hydrogens (tertiary/aromatic N) is 3. The zero-order valence-corrected chi connectivity index (χ0v) is 21.0. The van der Waals surface area contributed by atoms with Crippen LogP contribution in [0.4, 0.5) is 5.69 Å². The van der Waals surface area contributed by atoms with Crippen LogP contribution in [0.2, 0.25) is 0 Å². The van der Waals surface area contributed by atoms with E-state index in [-0.39, 0.29) is 23.9 Å². The first-order chi connectivity index (χ1) is 16.2. The first kappa shape index (κ1) is 24.8. The average Bonchev–Trinajstić information content (AvgIpc) is 2.81. The first-order valence-electron chi connectivity index (χ1n) is 12.8. The molecular formula is C28H39N3O3. The molecule has 6 nitrogen and oxygen atoms in total. The maximum absolute atomic E-state index is 11.8. The zero-order chi connectivity index (χ0) is 24.5. The number of hydrogen-bond donors (Lipinski definition) is 1. The Morgan fingerprint density at radius 3 is 2.65 bits per heavy atom. The topological polar surface area (TPSA) is 76.8 Å². The van der Waals surface area contributed by atoms with E-state index in [2.05, 4.69) is 35.8 Å². The highest BCUT2D eigenvalue weighted by molar-refractivity contribution is 5.66. The zero-order valence-electron chi connectivity index (χ0n) is 21.0. The van der Waals surface area contributed by atoms with Crippen LogP contribution in [0.3, 0.4) is 0 Å². The summed E-state index contributed by atoms with van der Waals surface area (Å²) in [5.74, 6) is 0.863. The van der Waals surface area contributed by atoms with Crippen molar-refractivity contribution in [1.29, 1.82) is 5.26 Å². The van der Waals surface area contributed by atoms with Crippen molar-refractivity contribution in [2.45, 2.75) is 58.7 Å². The van der Waals surface area contributed by atoms with Crippen LogP contribution in [0.1, 0.15) is 52.5 Å². The van der Waals surface area contributed by atoms with E-state index in [9.17, 15) is 15.2 Å². The van der Waals surface area contributed by atoms with Gasteiger partial charge in [0.05, 0.1) is 16.9 Å². The Kier molecular flexibility index (Phi) is 7.35. The quantitative estimate of drug-likeness (QED) is 0.523. The lowest BCUT2D eigenvalue weighted by molar-refractivity contribution is -0.159. The molecule has 2 aliphatic carbocycles. The summed E-state index contributed by atoms with van der Waals surface area (Å²) in [5.41, 5.74) is 2.03. The minimum atomic E-state index is -0.823. The Hall–Kier alpha value is -2.36. The number of aliphatic hydroxyl groups is 1. The minimum Gasteiger partial charge on any atom is -0.458 e. The van der Waals surface area contributed by atoms with E-state index >= 15 is 0 Å². The standard InChI is InChI=1S/C28H39N3O3/c1-19-15-25-24(10-9-21(3)28(25,33)16-27(19)34-22(4)32)20(2)18-30-11-13-31(14-12-30)26-8-6-5-7-23(26)17-29/h5-8,15,20-21,24-25,27,33H,9-14,16,18H2,1-4H3/t20?,21-,24+,25-,27-,28-/m1/s1. The molecule has 1 N–H and O–H groups in total. The molecule has 3 aliphatic rings. The highest BCUT2D eigenvalue weighted by atomic mass is 16.5. The van der Waals surface area contributed by atoms with Crippen molar-refractivity contribution in [3.05, 3.63) is 41.5 Å². The lowest BCUT2D eigenvalue weighted by atomic mass is 9.57. The molecule has 1 aliphatic heterocycles. The van der Waals surface area contributed by atoms with E-state index in [1.165, 1.54) is 6.92 Å². The highest BCUT2D eigenvalue weighted by Crippen LogP contribution is 2.51. The third kappa shape index (κ3) is 4.87. The van der Waals surface area contributed by atoms with E-state index < -0.39 is 5.60 Å². The van der Waals surface area contributed by atoms with Crippen LogP contribution in [0.25, 0.3) is 0 Å². The number of hydrogen-bond acceptors (Lipinski definition) is 6. The summed E-state index contributed by atoms with van der Waals surface area (Å²) in [5, 5.41) is 21.3. The van der Waals surface area contributed by atoms with Crippen molar-refractivity contribution >= 4 is 11.7 Å². The van der Waals surface area contributed by atoms with E-state index in [0.717, 1.165) is 62.4 Å². The lowest BCUT2D eigenvalue weighted by Crippen LogP contribution is -2.56. The number of carbonyl (C=O) groups is 1. The summed E-state index contributed by atoms with van der Waals surface area (Å²) in [4.78, 5) is 16.4. The molecule has 0 amide bonds. The van der Waals surface area contributed by atoms with Crippen molar-refractivity contribution in [1.82, 2.24) is 4.90 Å². The summed E-state index contributed by atoms with van der Waals surface area (Å²) in [7, 11) is 0. The first-order valence-corrected chi connectivity index (χ1v) is 12.8. The molecule has 6 atom stereocenters. The van der Waals surface area contributed by atoms with Gasteiger partial charge < -0.3 is 14.7 Å². The van der Waals surface area contributed by atoms with Gasteiger partial charge in [-0.15, -0.1) is 0 Å². The summed E-state index contributed by atoms with van der Waals surface area (Å²) in [6.45, 7) is 12.8. The molecular weight excluding hydrogens is 426 g/mol. The molecule has 1 heterocycles. The molecule has 0 bridgehead atoms. The number of benzene rings is 1. The molecule has 0 aromatic heterocycles. The van der Waals surface area contributed by atoms with Gasteiger partial charge in [-0.3, -0.25) is 9.69 Å². The van der Waals surface area contributed by atoms with Crippen molar-refractivity contribution < 1.29 is 14.6 Å². The van der Waals surface area contributed by atoms with Crippen LogP contribution in [0.15, 0.2) is 35.9 Å². The van der Waals surface area contributed by atoms with Gasteiger partial charge in [-0.2, -0.15) is 5.26 Å². The van der Waals surface area contributed by atoms with Gasteiger partial charge in [0.2, 0.25) is 0 Å². The predicted octanol–water partition coefficient (Wildman–Crippen LogP) is 3.99. The number of anilines is 1.